The molecule has 0 atom stereocenters. The highest BCUT2D eigenvalue weighted by Crippen LogP contribution is 2.35. The number of anilines is 2. The zero-order chi connectivity index (χ0) is 16.2. The largest absolute Gasteiger partial charge is 0.477 e. The second-order valence-corrected chi connectivity index (χ2v) is 4.48. The van der Waals surface area contributed by atoms with Crippen molar-refractivity contribution in [2.75, 3.05) is 11.9 Å². The van der Waals surface area contributed by atoms with E-state index in [-0.39, 0.29) is 12.6 Å². The van der Waals surface area contributed by atoms with Gasteiger partial charge in [-0.3, -0.25) is 0 Å². The maximum atomic E-state index is 12.9. The van der Waals surface area contributed by atoms with Gasteiger partial charge in [0.05, 0.1) is 6.61 Å². The van der Waals surface area contributed by atoms with E-state index < -0.39 is 17.6 Å². The molecular formula is C15H16F3N3O. The number of para-hydroxylation sites is 1. The zero-order valence-corrected chi connectivity index (χ0v) is 12.2. The summed E-state index contributed by atoms with van der Waals surface area (Å²) in [7, 11) is 0. The average molecular weight is 311 g/mol. The van der Waals surface area contributed by atoms with Crippen molar-refractivity contribution in [2.45, 2.75) is 26.4 Å². The summed E-state index contributed by atoms with van der Waals surface area (Å²) in [5, 5.41) is 2.93. The van der Waals surface area contributed by atoms with Crippen molar-refractivity contribution >= 4 is 11.6 Å². The average Bonchev–Trinajstić information content (AvgIpc) is 2.47. The molecule has 0 saturated heterocycles. The smallest absolute Gasteiger partial charge is 0.423 e. The first-order valence-electron chi connectivity index (χ1n) is 6.87. The molecule has 0 amide bonds. The highest BCUT2D eigenvalue weighted by atomic mass is 19.4. The summed E-state index contributed by atoms with van der Waals surface area (Å²) in [6.07, 6.45) is -3.04. The Hall–Kier alpha value is -2.31. The van der Waals surface area contributed by atoms with Gasteiger partial charge >= 0.3 is 6.18 Å². The van der Waals surface area contributed by atoms with Crippen molar-refractivity contribution in [2.24, 2.45) is 0 Å². The molecule has 1 heterocycles. The molecule has 0 radical (unpaired) electrons. The molecule has 4 nitrogen and oxygen atoms in total. The van der Waals surface area contributed by atoms with E-state index in [0.717, 1.165) is 23.9 Å². The summed E-state index contributed by atoms with van der Waals surface area (Å²) in [6.45, 7) is 3.67. The van der Waals surface area contributed by atoms with Crippen LogP contribution in [0.3, 0.4) is 0 Å². The van der Waals surface area contributed by atoms with Crippen molar-refractivity contribution in [1.29, 1.82) is 0 Å². The maximum Gasteiger partial charge on any atom is 0.423 e. The van der Waals surface area contributed by atoms with E-state index in [9.17, 15) is 13.2 Å². The molecule has 22 heavy (non-hydrogen) atoms. The fraction of sp³-hybridized carbons (Fsp3) is 0.333. The molecule has 0 aliphatic heterocycles. The van der Waals surface area contributed by atoms with Crippen molar-refractivity contribution in [3.63, 3.8) is 0 Å². The molecule has 0 aliphatic rings. The number of nitrogens with one attached hydrogen (secondary N) is 1. The summed E-state index contributed by atoms with van der Waals surface area (Å²) in [4.78, 5) is 7.57. The number of alkyl halides is 3. The van der Waals surface area contributed by atoms with Gasteiger partial charge in [-0.2, -0.15) is 18.2 Å². The Morgan fingerprint density at radius 3 is 2.55 bits per heavy atom. The van der Waals surface area contributed by atoms with E-state index in [1.165, 1.54) is 0 Å². The predicted molar refractivity (Wildman–Crippen MR) is 77.3 cm³/mol. The van der Waals surface area contributed by atoms with Crippen LogP contribution in [-0.2, 0) is 12.6 Å². The van der Waals surface area contributed by atoms with E-state index in [1.807, 2.05) is 31.2 Å². The van der Waals surface area contributed by atoms with Crippen LogP contribution < -0.4 is 10.1 Å². The maximum absolute atomic E-state index is 12.9. The molecule has 118 valence electrons. The predicted octanol–water partition coefficient (Wildman–Crippen LogP) is 4.20. The van der Waals surface area contributed by atoms with Crippen LogP contribution in [0.25, 0.3) is 0 Å². The fourth-order valence-electron chi connectivity index (χ4n) is 1.94. The minimum atomic E-state index is -4.55. The van der Waals surface area contributed by atoms with Gasteiger partial charge in [0, 0.05) is 11.9 Å². The second kappa shape index (κ2) is 6.64. The van der Waals surface area contributed by atoms with Gasteiger partial charge in [0.2, 0.25) is 11.8 Å². The van der Waals surface area contributed by atoms with E-state index in [2.05, 4.69) is 15.3 Å². The Bertz CT molecular complexity index is 644. The quantitative estimate of drug-likeness (QED) is 0.899. The monoisotopic (exact) mass is 311 g/mol. The van der Waals surface area contributed by atoms with Crippen LogP contribution in [0.5, 0.6) is 5.88 Å². The Kier molecular flexibility index (Phi) is 4.85. The molecule has 0 fully saturated rings. The third-order valence-electron chi connectivity index (χ3n) is 2.98. The Labute approximate surface area is 126 Å². The first-order chi connectivity index (χ1) is 10.5. The Balaban J connectivity index is 2.34. The van der Waals surface area contributed by atoms with Gasteiger partial charge < -0.3 is 10.1 Å². The number of rotatable bonds is 5. The van der Waals surface area contributed by atoms with Crippen molar-refractivity contribution < 1.29 is 17.9 Å². The van der Waals surface area contributed by atoms with Crippen LogP contribution in [0.15, 0.2) is 30.5 Å². The molecule has 7 heteroatoms. The third kappa shape index (κ3) is 3.66. The van der Waals surface area contributed by atoms with Gasteiger partial charge in [-0.1, -0.05) is 25.1 Å². The van der Waals surface area contributed by atoms with Crippen LogP contribution in [0.2, 0.25) is 0 Å². The molecule has 1 N–H and O–H groups in total. The van der Waals surface area contributed by atoms with Gasteiger partial charge in [0.15, 0.2) is 0 Å². The molecule has 0 spiro atoms. The van der Waals surface area contributed by atoms with Crippen LogP contribution in [0.1, 0.15) is 25.0 Å². The number of hydrogen-bond donors (Lipinski definition) is 1. The number of benzene rings is 1. The van der Waals surface area contributed by atoms with Crippen LogP contribution in [-0.4, -0.2) is 16.6 Å². The Morgan fingerprint density at radius 1 is 1.18 bits per heavy atom. The Morgan fingerprint density at radius 2 is 1.91 bits per heavy atom. The lowest BCUT2D eigenvalue weighted by molar-refractivity contribution is -0.139. The molecule has 0 saturated carbocycles. The molecule has 1 aromatic heterocycles. The number of hydrogen-bond acceptors (Lipinski definition) is 4. The second-order valence-electron chi connectivity index (χ2n) is 4.48. The third-order valence-corrected chi connectivity index (χ3v) is 2.98. The highest BCUT2D eigenvalue weighted by Gasteiger charge is 2.36. The number of nitrogens with zero attached hydrogens (tertiary/aromatic N) is 2. The van der Waals surface area contributed by atoms with Crippen molar-refractivity contribution in [3.05, 3.63) is 41.6 Å². The van der Waals surface area contributed by atoms with E-state index >= 15 is 0 Å². The summed E-state index contributed by atoms with van der Waals surface area (Å²) < 4.78 is 43.6. The number of halogens is 3. The normalized spacial score (nSPS) is 11.3. The van der Waals surface area contributed by atoms with Gasteiger partial charge in [-0.05, 0) is 25.0 Å². The molecule has 0 aliphatic carbocycles. The number of ether oxygens (including phenoxy) is 1. The molecular weight excluding hydrogens is 295 g/mol. The molecule has 0 bridgehead atoms. The molecule has 0 unspecified atom stereocenters. The summed E-state index contributed by atoms with van der Waals surface area (Å²) >= 11 is 0. The van der Waals surface area contributed by atoms with Gasteiger partial charge in [0.1, 0.15) is 5.56 Å². The summed E-state index contributed by atoms with van der Waals surface area (Å²) in [6, 6.07) is 7.47. The number of aryl methyl sites for hydroxylation is 1. The fourth-order valence-corrected chi connectivity index (χ4v) is 1.94. The van der Waals surface area contributed by atoms with E-state index in [1.54, 1.807) is 6.92 Å². The summed E-state index contributed by atoms with van der Waals surface area (Å²) in [5.74, 6) is -0.404. The lowest BCUT2D eigenvalue weighted by Gasteiger charge is -2.14. The minimum Gasteiger partial charge on any atom is -0.477 e. The SMILES string of the molecule is CCOc1nc(Nc2ccccc2CC)ncc1C(F)(F)F. The van der Waals surface area contributed by atoms with E-state index in [4.69, 9.17) is 4.74 Å². The van der Waals surface area contributed by atoms with Crippen molar-refractivity contribution in [1.82, 2.24) is 9.97 Å². The minimum absolute atomic E-state index is 0.0670. The zero-order valence-electron chi connectivity index (χ0n) is 12.2. The van der Waals surface area contributed by atoms with Crippen LogP contribution in [0.4, 0.5) is 24.8 Å². The lowest BCUT2D eigenvalue weighted by atomic mass is 10.1. The van der Waals surface area contributed by atoms with E-state index in [0.29, 0.717) is 0 Å². The molecule has 1 aromatic carbocycles. The van der Waals surface area contributed by atoms with Crippen molar-refractivity contribution in [3.8, 4) is 5.88 Å². The van der Waals surface area contributed by atoms with Crippen LogP contribution >= 0.6 is 0 Å². The highest BCUT2D eigenvalue weighted by molar-refractivity contribution is 5.58. The topological polar surface area (TPSA) is 47.0 Å². The molecule has 2 aromatic rings. The van der Waals surface area contributed by atoms with Gasteiger partial charge in [-0.15, -0.1) is 0 Å². The van der Waals surface area contributed by atoms with Crippen LogP contribution in [0, 0.1) is 0 Å². The van der Waals surface area contributed by atoms with Gasteiger partial charge in [-0.25, -0.2) is 4.98 Å². The molecule has 2 rings (SSSR count). The first-order valence-corrected chi connectivity index (χ1v) is 6.87. The van der Waals surface area contributed by atoms with Gasteiger partial charge in [0.25, 0.3) is 0 Å². The lowest BCUT2D eigenvalue weighted by Crippen LogP contribution is -2.12. The number of aromatic nitrogens is 2. The summed E-state index contributed by atoms with van der Waals surface area (Å²) in [5.41, 5.74) is 0.792. The standard InChI is InChI=1S/C15H16F3N3O/c1-3-10-7-5-6-8-12(10)20-14-19-9-11(15(16,17)18)13(21-14)22-4-2/h5-9H,3-4H2,1-2H3,(H,19,20,21). The first kappa shape index (κ1) is 16.1.